The van der Waals surface area contributed by atoms with Crippen LogP contribution in [0.25, 0.3) is 0 Å². The Balaban J connectivity index is 0.000000410. The molecule has 0 heterocycles. The first-order chi connectivity index (χ1) is 26.1. The molecule has 2 saturated carbocycles. The summed E-state index contributed by atoms with van der Waals surface area (Å²) in [5.74, 6) is -2.62. The molecule has 0 spiro atoms. The van der Waals surface area contributed by atoms with Gasteiger partial charge in [-0.25, -0.2) is 21.6 Å². The molecular weight excluding hydrogens is 800 g/mol. The molecule has 0 aliphatic heterocycles. The number of aryl methyl sites for hydroxylation is 2. The number of sulfone groups is 2. The number of rotatable bonds is 16. The number of carbonyl (C=O) groups is 4. The fourth-order valence-corrected chi connectivity index (χ4v) is 8.10. The normalized spacial score (nSPS) is 16.6. The van der Waals surface area contributed by atoms with Crippen LogP contribution in [0, 0.1) is 25.7 Å². The Morgan fingerprint density at radius 1 is 0.772 bits per heavy atom. The van der Waals surface area contributed by atoms with Crippen LogP contribution in [0.1, 0.15) is 90.2 Å². The van der Waals surface area contributed by atoms with Gasteiger partial charge in [-0.1, -0.05) is 73.9 Å². The highest BCUT2D eigenvalue weighted by Gasteiger charge is 2.37. The highest BCUT2D eigenvalue weighted by atomic mass is 35.5. The Bertz CT molecular complexity index is 1860. The third-order valence-electron chi connectivity index (χ3n) is 9.64. The van der Waals surface area contributed by atoms with E-state index in [0.717, 1.165) is 50.2 Å². The fourth-order valence-electron chi connectivity index (χ4n) is 6.00. The maximum absolute atomic E-state index is 13.0. The molecule has 7 N–H and O–H groups in total. The molecule has 0 radical (unpaired) electrons. The van der Waals surface area contributed by atoms with E-state index >= 15 is 0 Å². The standard InChI is InChI=1S/C23H34N2O7S.C16H24N2O4S.ClH/c1-15-9-11-18(12-10-15)33(29,30)14-24-21(27)20(31-16(2)26)19(13-17-7-6-8-17)25-22(28)32-23(3,4)5;1-11-5-7-13(8-6-11)23(21,22)10-18-16(20)15(19)14(17)9-12-3-2-4-12;/h9-12,17,19-20H,6-8,13-14H2,1-5H3,(H,24,27)(H,25,28);5-8,12,14-15,19H,2-4,9-10,17H2,1H3,(H,18,20);1H. The van der Waals surface area contributed by atoms with Gasteiger partial charge in [0.25, 0.3) is 11.8 Å². The summed E-state index contributed by atoms with van der Waals surface area (Å²) in [5.41, 5.74) is 4.94. The molecule has 320 valence electrons. The van der Waals surface area contributed by atoms with Gasteiger partial charge in [-0.3, -0.25) is 14.4 Å². The maximum atomic E-state index is 13.0. The van der Waals surface area contributed by atoms with Crippen molar-refractivity contribution in [3.63, 3.8) is 0 Å². The number of halogens is 1. The lowest BCUT2D eigenvalue weighted by Gasteiger charge is -2.33. The van der Waals surface area contributed by atoms with E-state index in [1.165, 1.54) is 30.7 Å². The van der Waals surface area contributed by atoms with Crippen molar-refractivity contribution in [1.82, 2.24) is 16.0 Å². The first-order valence-electron chi connectivity index (χ1n) is 18.9. The zero-order chi connectivity index (χ0) is 41.8. The Kier molecular flexibility index (Phi) is 18.9. The number of aliphatic hydroxyl groups is 1. The second-order valence-electron chi connectivity index (χ2n) is 15.8. The Labute approximate surface area is 342 Å². The lowest BCUT2D eigenvalue weighted by atomic mass is 9.80. The first kappa shape index (κ1) is 49.4. The largest absolute Gasteiger partial charge is 1.00 e. The molecule has 2 aromatic carbocycles. The smallest absolute Gasteiger partial charge is 0.408 e. The van der Waals surface area contributed by atoms with E-state index in [1.807, 2.05) is 13.8 Å². The lowest BCUT2D eigenvalue weighted by molar-refractivity contribution is -0.437. The number of amides is 3. The average molecular weight is 860 g/mol. The predicted octanol–water partition coefficient (Wildman–Crippen LogP) is -0.134. The topological polar surface area (TPSA) is 239 Å². The molecule has 4 rings (SSSR count). The summed E-state index contributed by atoms with van der Waals surface area (Å²) in [5, 5.41) is 17.3. The summed E-state index contributed by atoms with van der Waals surface area (Å²) in [6.07, 6.45) is 4.00. The minimum Gasteiger partial charge on any atom is -1.00 e. The third kappa shape index (κ3) is 16.6. The zero-order valence-electron chi connectivity index (χ0n) is 33.6. The maximum Gasteiger partial charge on any atom is 0.408 e. The van der Waals surface area contributed by atoms with Crippen LogP contribution in [0.2, 0.25) is 0 Å². The van der Waals surface area contributed by atoms with Gasteiger partial charge in [0.2, 0.25) is 0 Å². The first-order valence-corrected chi connectivity index (χ1v) is 22.2. The number of carbonyl (C=O) groups excluding carboxylic acids is 4. The van der Waals surface area contributed by atoms with Gasteiger partial charge in [-0.05, 0) is 77.1 Å². The van der Waals surface area contributed by atoms with E-state index in [2.05, 4.69) is 21.7 Å². The van der Waals surface area contributed by atoms with Gasteiger partial charge in [-0.2, -0.15) is 0 Å². The number of benzene rings is 2. The van der Waals surface area contributed by atoms with Crippen LogP contribution in [-0.4, -0.2) is 87.5 Å². The van der Waals surface area contributed by atoms with Crippen LogP contribution in [-0.2, 0) is 43.5 Å². The van der Waals surface area contributed by atoms with Gasteiger partial charge >= 0.3 is 12.1 Å². The van der Waals surface area contributed by atoms with Crippen molar-refractivity contribution >= 4 is 43.6 Å². The number of nitrogens with one attached hydrogen (secondary N) is 3. The van der Waals surface area contributed by atoms with Crippen molar-refractivity contribution < 1.29 is 68.7 Å². The monoisotopic (exact) mass is 858 g/mol. The molecule has 0 aromatic heterocycles. The molecule has 4 atom stereocenters. The van der Waals surface area contributed by atoms with Gasteiger partial charge in [0.1, 0.15) is 23.4 Å². The molecule has 0 bridgehead atoms. The molecule has 3 amide bonds. The summed E-state index contributed by atoms with van der Waals surface area (Å²) in [7, 11) is -7.42. The molecule has 57 heavy (non-hydrogen) atoms. The van der Waals surface area contributed by atoms with Crippen molar-refractivity contribution in [2.24, 2.45) is 11.8 Å². The van der Waals surface area contributed by atoms with Gasteiger partial charge < -0.3 is 48.7 Å². The van der Waals surface area contributed by atoms with Gasteiger partial charge in [-0.15, -0.1) is 0 Å². The summed E-state index contributed by atoms with van der Waals surface area (Å²) < 4.78 is 60.1. The summed E-state index contributed by atoms with van der Waals surface area (Å²) in [4.78, 5) is 49.3. The van der Waals surface area contributed by atoms with E-state index in [0.29, 0.717) is 18.8 Å². The Morgan fingerprint density at radius 2 is 1.19 bits per heavy atom. The molecule has 2 aliphatic carbocycles. The Morgan fingerprint density at radius 3 is 1.58 bits per heavy atom. The number of aliphatic hydroxyl groups excluding tert-OH is 1. The van der Waals surface area contributed by atoms with E-state index < -0.39 is 85.2 Å². The summed E-state index contributed by atoms with van der Waals surface area (Å²) in [6.45, 7) is 9.98. The lowest BCUT2D eigenvalue weighted by Crippen LogP contribution is -3.00. The molecule has 15 nitrogen and oxygen atoms in total. The molecule has 2 aliphatic rings. The number of quaternary nitrogens is 1. The highest BCUT2D eigenvalue weighted by molar-refractivity contribution is 7.91. The molecule has 0 saturated heterocycles. The average Bonchev–Trinajstić information content (AvgIpc) is 3.07. The van der Waals surface area contributed by atoms with Gasteiger partial charge in [0.15, 0.2) is 31.9 Å². The van der Waals surface area contributed by atoms with E-state index in [1.54, 1.807) is 45.0 Å². The van der Waals surface area contributed by atoms with Crippen molar-refractivity contribution in [1.29, 1.82) is 0 Å². The van der Waals surface area contributed by atoms with Crippen LogP contribution < -0.4 is 34.1 Å². The highest BCUT2D eigenvalue weighted by Crippen LogP contribution is 2.32. The van der Waals surface area contributed by atoms with Crippen LogP contribution in [0.5, 0.6) is 0 Å². The van der Waals surface area contributed by atoms with Crippen LogP contribution in [0.15, 0.2) is 58.3 Å². The summed E-state index contributed by atoms with van der Waals surface area (Å²) in [6, 6.07) is 11.4. The number of alkyl carbamates (subject to hydrolysis) is 1. The number of esters is 1. The molecule has 4 unspecified atom stereocenters. The number of hydrogen-bond acceptors (Lipinski definition) is 11. The second-order valence-corrected chi connectivity index (χ2v) is 19.8. The zero-order valence-corrected chi connectivity index (χ0v) is 36.0. The van der Waals surface area contributed by atoms with Crippen LogP contribution >= 0.6 is 0 Å². The number of ether oxygens (including phenoxy) is 2. The SMILES string of the molecule is CC(=O)OC(C(=O)NCS(=O)(=O)c1ccc(C)cc1)C(CC1CCC1)NC(=O)OC(C)(C)C.Cc1ccc(S(=O)(=O)CNC(=O)C(O)C([NH3+])CC2CCC2)cc1.[Cl-]. The van der Waals surface area contributed by atoms with Crippen molar-refractivity contribution in [2.45, 2.75) is 133 Å². The molecule has 2 aromatic rings. The van der Waals surface area contributed by atoms with E-state index in [9.17, 15) is 41.1 Å². The van der Waals surface area contributed by atoms with Gasteiger partial charge in [0, 0.05) is 13.3 Å². The molecular formula is C39H59ClN4O11S2. The minimum absolute atomic E-state index is 0. The van der Waals surface area contributed by atoms with Crippen LogP contribution in [0.3, 0.4) is 0 Å². The van der Waals surface area contributed by atoms with E-state index in [4.69, 9.17) is 9.47 Å². The summed E-state index contributed by atoms with van der Waals surface area (Å²) >= 11 is 0. The quantitative estimate of drug-likeness (QED) is 0.139. The predicted molar refractivity (Wildman–Crippen MR) is 208 cm³/mol. The number of hydrogen-bond donors (Lipinski definition) is 5. The van der Waals surface area contributed by atoms with Crippen LogP contribution in [0.4, 0.5) is 4.79 Å². The van der Waals surface area contributed by atoms with Crippen molar-refractivity contribution in [2.75, 3.05) is 11.8 Å². The third-order valence-corrected chi connectivity index (χ3v) is 12.7. The van der Waals surface area contributed by atoms with Crippen molar-refractivity contribution in [3.8, 4) is 0 Å². The molecule has 18 heteroatoms. The minimum atomic E-state index is -3.81. The van der Waals surface area contributed by atoms with Crippen molar-refractivity contribution in [3.05, 3.63) is 59.7 Å². The fraction of sp³-hybridized carbons (Fsp3) is 0.590. The second kappa shape index (κ2) is 21.8. The van der Waals surface area contributed by atoms with E-state index in [-0.39, 0.29) is 28.1 Å². The van der Waals surface area contributed by atoms with Gasteiger partial charge in [0.05, 0.1) is 15.8 Å². The molecule has 2 fully saturated rings. The Hall–Kier alpha value is -3.77.